The molecule has 0 aliphatic heterocycles. The fourth-order valence-electron chi connectivity index (χ4n) is 1.68. The Bertz CT molecular complexity index is 549. The maximum absolute atomic E-state index is 11.8. The van der Waals surface area contributed by atoms with Crippen molar-refractivity contribution in [3.05, 3.63) is 41.6 Å². The van der Waals surface area contributed by atoms with Gasteiger partial charge in [-0.05, 0) is 12.0 Å². The molecule has 1 amide bonds. The topological polar surface area (TPSA) is 85.8 Å². The van der Waals surface area contributed by atoms with Gasteiger partial charge in [0.25, 0.3) is 5.91 Å². The van der Waals surface area contributed by atoms with E-state index in [1.807, 2.05) is 37.3 Å². The number of amides is 1. The van der Waals surface area contributed by atoms with Crippen LogP contribution in [0.1, 0.15) is 29.4 Å². The molecule has 1 aromatic carbocycles. The first kappa shape index (κ1) is 13.1. The van der Waals surface area contributed by atoms with Crippen LogP contribution in [0.3, 0.4) is 0 Å². The van der Waals surface area contributed by atoms with Crippen LogP contribution in [0.5, 0.6) is 0 Å². The van der Waals surface area contributed by atoms with Gasteiger partial charge in [0.1, 0.15) is 0 Å². The van der Waals surface area contributed by atoms with E-state index in [9.17, 15) is 4.79 Å². The van der Waals surface area contributed by atoms with E-state index in [0.717, 1.165) is 12.0 Å². The summed E-state index contributed by atoms with van der Waals surface area (Å²) in [5, 5.41) is 10.5. The van der Waals surface area contributed by atoms with Gasteiger partial charge < -0.3 is 11.1 Å². The summed E-state index contributed by atoms with van der Waals surface area (Å²) in [7, 11) is 0. The smallest absolute Gasteiger partial charge is 0.275 e. The second-order valence-electron chi connectivity index (χ2n) is 4.22. The number of nitrogens with two attached hydrogens (primary N) is 1. The Morgan fingerprint density at radius 2 is 2.11 bits per heavy atom. The van der Waals surface area contributed by atoms with Gasteiger partial charge in [-0.1, -0.05) is 42.5 Å². The van der Waals surface area contributed by atoms with Crippen LogP contribution in [-0.4, -0.2) is 27.4 Å². The van der Waals surface area contributed by atoms with Crippen molar-refractivity contribution in [1.29, 1.82) is 0 Å². The van der Waals surface area contributed by atoms with Crippen molar-refractivity contribution in [2.24, 2.45) is 0 Å². The molecule has 3 N–H and O–H groups in total. The van der Waals surface area contributed by atoms with E-state index in [2.05, 4.69) is 15.6 Å². The molecule has 0 aliphatic carbocycles. The highest BCUT2D eigenvalue weighted by Gasteiger charge is 2.16. The molecule has 0 atom stereocenters. The molecule has 6 nitrogen and oxygen atoms in total. The Morgan fingerprint density at radius 3 is 2.79 bits per heavy atom. The molecule has 0 saturated carbocycles. The number of aromatic nitrogens is 3. The van der Waals surface area contributed by atoms with Crippen LogP contribution in [0, 0.1) is 0 Å². The van der Waals surface area contributed by atoms with Crippen LogP contribution < -0.4 is 11.1 Å². The van der Waals surface area contributed by atoms with Gasteiger partial charge in [0.2, 0.25) is 0 Å². The standard InChI is InChI=1S/C13H17N5O/c1-2-8-15-13(19)11-12(14)18(17-16-11)9-10-6-4-3-5-7-10/h3-7H,2,8-9,14H2,1H3,(H,15,19). The molecule has 2 aromatic rings. The first-order valence-electron chi connectivity index (χ1n) is 6.23. The van der Waals surface area contributed by atoms with E-state index in [0.29, 0.717) is 13.1 Å². The zero-order valence-electron chi connectivity index (χ0n) is 10.8. The summed E-state index contributed by atoms with van der Waals surface area (Å²) in [4.78, 5) is 11.8. The minimum atomic E-state index is -0.279. The molecule has 0 fully saturated rings. The first-order chi connectivity index (χ1) is 9.22. The molecule has 2 rings (SSSR count). The molecule has 6 heteroatoms. The highest BCUT2D eigenvalue weighted by molar-refractivity contribution is 5.96. The predicted octanol–water partition coefficient (Wildman–Crippen LogP) is 1.05. The molecule has 0 saturated heterocycles. The van der Waals surface area contributed by atoms with Gasteiger partial charge in [-0.3, -0.25) is 4.79 Å². The monoisotopic (exact) mass is 259 g/mol. The third kappa shape index (κ3) is 3.09. The molecule has 0 bridgehead atoms. The van der Waals surface area contributed by atoms with Crippen molar-refractivity contribution < 1.29 is 4.79 Å². The fraction of sp³-hybridized carbons (Fsp3) is 0.308. The van der Waals surface area contributed by atoms with E-state index in [1.165, 1.54) is 4.68 Å². The fourth-order valence-corrected chi connectivity index (χ4v) is 1.68. The van der Waals surface area contributed by atoms with Crippen molar-refractivity contribution in [3.8, 4) is 0 Å². The van der Waals surface area contributed by atoms with Crippen LogP contribution in [0.25, 0.3) is 0 Å². The summed E-state index contributed by atoms with van der Waals surface area (Å²) >= 11 is 0. The zero-order chi connectivity index (χ0) is 13.7. The van der Waals surface area contributed by atoms with Gasteiger partial charge in [0.15, 0.2) is 11.5 Å². The normalized spacial score (nSPS) is 10.4. The summed E-state index contributed by atoms with van der Waals surface area (Å²) in [5.74, 6) is 0.0103. The number of nitrogens with zero attached hydrogens (tertiary/aromatic N) is 3. The summed E-state index contributed by atoms with van der Waals surface area (Å²) in [6, 6.07) is 9.77. The summed E-state index contributed by atoms with van der Waals surface area (Å²) in [5.41, 5.74) is 7.14. The molecule has 1 aromatic heterocycles. The van der Waals surface area contributed by atoms with Crippen LogP contribution >= 0.6 is 0 Å². The van der Waals surface area contributed by atoms with E-state index in [1.54, 1.807) is 0 Å². The average Bonchev–Trinajstić information content (AvgIpc) is 2.79. The Labute approximate surface area is 111 Å². The summed E-state index contributed by atoms with van der Waals surface area (Å²) in [6.45, 7) is 3.08. The zero-order valence-corrected chi connectivity index (χ0v) is 10.8. The molecule has 19 heavy (non-hydrogen) atoms. The van der Waals surface area contributed by atoms with Crippen molar-refractivity contribution in [2.45, 2.75) is 19.9 Å². The van der Waals surface area contributed by atoms with Crippen molar-refractivity contribution in [3.63, 3.8) is 0 Å². The molecular formula is C13H17N5O. The Hall–Kier alpha value is -2.37. The lowest BCUT2D eigenvalue weighted by Gasteiger charge is -2.04. The number of carbonyl (C=O) groups excluding carboxylic acids is 1. The van der Waals surface area contributed by atoms with Crippen LogP contribution in [-0.2, 0) is 6.54 Å². The van der Waals surface area contributed by atoms with E-state index < -0.39 is 0 Å². The number of carbonyl (C=O) groups is 1. The molecule has 0 radical (unpaired) electrons. The van der Waals surface area contributed by atoms with Crippen molar-refractivity contribution in [2.75, 3.05) is 12.3 Å². The molecule has 100 valence electrons. The summed E-state index contributed by atoms with van der Waals surface area (Å²) < 4.78 is 1.52. The largest absolute Gasteiger partial charge is 0.382 e. The molecule has 1 heterocycles. The highest BCUT2D eigenvalue weighted by Crippen LogP contribution is 2.10. The molecule has 0 unspecified atom stereocenters. The van der Waals surface area contributed by atoms with Crippen molar-refractivity contribution in [1.82, 2.24) is 20.3 Å². The minimum absolute atomic E-state index is 0.185. The van der Waals surface area contributed by atoms with E-state index >= 15 is 0 Å². The SMILES string of the molecule is CCCNC(=O)c1nnn(Cc2ccccc2)c1N. The minimum Gasteiger partial charge on any atom is -0.382 e. The molecular weight excluding hydrogens is 242 g/mol. The maximum Gasteiger partial charge on any atom is 0.275 e. The quantitative estimate of drug-likeness (QED) is 0.840. The predicted molar refractivity (Wildman–Crippen MR) is 72.6 cm³/mol. The second-order valence-corrected chi connectivity index (χ2v) is 4.22. The Morgan fingerprint density at radius 1 is 1.37 bits per heavy atom. The second kappa shape index (κ2) is 5.99. The lowest BCUT2D eigenvalue weighted by Crippen LogP contribution is -2.25. The van der Waals surface area contributed by atoms with Gasteiger partial charge in [-0.15, -0.1) is 5.10 Å². The number of anilines is 1. The van der Waals surface area contributed by atoms with Crippen LogP contribution in [0.4, 0.5) is 5.82 Å². The van der Waals surface area contributed by atoms with Gasteiger partial charge in [-0.2, -0.15) is 0 Å². The van der Waals surface area contributed by atoms with Crippen LogP contribution in [0.2, 0.25) is 0 Å². The number of hydrogen-bond donors (Lipinski definition) is 2. The lowest BCUT2D eigenvalue weighted by atomic mass is 10.2. The average molecular weight is 259 g/mol. The Balaban J connectivity index is 2.12. The van der Waals surface area contributed by atoms with Gasteiger partial charge in [0, 0.05) is 6.54 Å². The third-order valence-electron chi connectivity index (χ3n) is 2.70. The van der Waals surface area contributed by atoms with E-state index in [-0.39, 0.29) is 17.4 Å². The number of benzene rings is 1. The summed E-state index contributed by atoms with van der Waals surface area (Å²) in [6.07, 6.45) is 0.865. The Kier molecular flexibility index (Phi) is 4.12. The van der Waals surface area contributed by atoms with E-state index in [4.69, 9.17) is 5.73 Å². The lowest BCUT2D eigenvalue weighted by molar-refractivity contribution is 0.0949. The number of nitrogen functional groups attached to an aromatic ring is 1. The number of rotatable bonds is 5. The van der Waals surface area contributed by atoms with Crippen molar-refractivity contribution >= 4 is 11.7 Å². The molecule has 0 aliphatic rings. The molecule has 0 spiro atoms. The number of hydrogen-bond acceptors (Lipinski definition) is 4. The van der Waals surface area contributed by atoms with Gasteiger partial charge in [-0.25, -0.2) is 4.68 Å². The van der Waals surface area contributed by atoms with Gasteiger partial charge >= 0.3 is 0 Å². The van der Waals surface area contributed by atoms with Gasteiger partial charge in [0.05, 0.1) is 6.54 Å². The highest BCUT2D eigenvalue weighted by atomic mass is 16.2. The number of nitrogens with one attached hydrogen (secondary N) is 1. The first-order valence-corrected chi connectivity index (χ1v) is 6.23. The van der Waals surface area contributed by atoms with Crippen LogP contribution in [0.15, 0.2) is 30.3 Å². The maximum atomic E-state index is 11.8. The third-order valence-corrected chi connectivity index (χ3v) is 2.70.